The number of fused-ring (bicyclic) bond motifs is 2. The number of nitrogens with one attached hydrogen (secondary N) is 3. The van der Waals surface area contributed by atoms with E-state index in [4.69, 9.17) is 4.74 Å². The Morgan fingerprint density at radius 1 is 1.33 bits per heavy atom. The van der Waals surface area contributed by atoms with Gasteiger partial charge in [0.15, 0.2) is 5.65 Å². The molecule has 0 aliphatic heterocycles. The summed E-state index contributed by atoms with van der Waals surface area (Å²) in [5.74, 6) is 0.967. The number of H-pyrrole nitrogens is 1. The first kappa shape index (κ1) is 18.3. The minimum Gasteiger partial charge on any atom is -0.480 e. The Morgan fingerprint density at radius 3 is 2.93 bits per heavy atom. The number of aromatic nitrogens is 6. The molecule has 5 rings (SSSR count). The van der Waals surface area contributed by atoms with Gasteiger partial charge < -0.3 is 20.4 Å². The molecule has 1 aliphatic rings. The number of anilines is 1. The second-order valence-electron chi connectivity index (χ2n) is 7.95. The van der Waals surface area contributed by atoms with Crippen LogP contribution in [0.15, 0.2) is 30.9 Å². The van der Waals surface area contributed by atoms with Gasteiger partial charge in [-0.1, -0.05) is 0 Å². The number of carbonyl (C=O) groups is 1. The van der Waals surface area contributed by atoms with Crippen molar-refractivity contribution in [2.24, 2.45) is 0 Å². The van der Waals surface area contributed by atoms with Crippen molar-refractivity contribution in [1.29, 1.82) is 0 Å². The van der Waals surface area contributed by atoms with Gasteiger partial charge in [-0.05, 0) is 31.9 Å². The number of pyridine rings is 1. The fourth-order valence-electron chi connectivity index (χ4n) is 4.26. The van der Waals surface area contributed by atoms with Crippen molar-refractivity contribution in [3.05, 3.63) is 30.9 Å². The van der Waals surface area contributed by atoms with Crippen LogP contribution in [0, 0.1) is 0 Å². The molecule has 1 saturated carbocycles. The van der Waals surface area contributed by atoms with Crippen LogP contribution in [0.25, 0.3) is 27.8 Å². The van der Waals surface area contributed by atoms with E-state index in [-0.39, 0.29) is 17.5 Å². The molecular formula is C20H22N8O2. The van der Waals surface area contributed by atoms with Gasteiger partial charge >= 0.3 is 0 Å². The average molecular weight is 406 g/mol. The summed E-state index contributed by atoms with van der Waals surface area (Å²) in [4.78, 5) is 27.9. The van der Waals surface area contributed by atoms with E-state index >= 15 is 0 Å². The minimum atomic E-state index is -0.183. The van der Waals surface area contributed by atoms with E-state index in [2.05, 4.69) is 35.7 Å². The number of hydrogen-bond donors (Lipinski definition) is 3. The van der Waals surface area contributed by atoms with Crippen LogP contribution in [0.5, 0.6) is 5.88 Å². The van der Waals surface area contributed by atoms with Crippen LogP contribution in [-0.2, 0) is 4.79 Å². The second-order valence-corrected chi connectivity index (χ2v) is 7.95. The monoisotopic (exact) mass is 406 g/mol. The molecule has 0 bridgehead atoms. The van der Waals surface area contributed by atoms with Crippen molar-refractivity contribution in [3.8, 4) is 17.0 Å². The summed E-state index contributed by atoms with van der Waals surface area (Å²) in [6.45, 7) is 3.58. The van der Waals surface area contributed by atoms with Gasteiger partial charge in [0, 0.05) is 42.0 Å². The van der Waals surface area contributed by atoms with Gasteiger partial charge in [0.25, 0.3) is 0 Å². The zero-order valence-electron chi connectivity index (χ0n) is 16.9. The van der Waals surface area contributed by atoms with Gasteiger partial charge in [0.1, 0.15) is 12.0 Å². The van der Waals surface area contributed by atoms with E-state index in [1.165, 1.54) is 13.3 Å². The fourth-order valence-corrected chi connectivity index (χ4v) is 4.26. The molecule has 0 radical (unpaired) electrons. The zero-order chi connectivity index (χ0) is 20.9. The molecule has 0 spiro atoms. The van der Waals surface area contributed by atoms with Crippen molar-refractivity contribution in [3.63, 3.8) is 0 Å². The Labute approximate surface area is 172 Å². The molecule has 30 heavy (non-hydrogen) atoms. The van der Waals surface area contributed by atoms with Gasteiger partial charge in [-0.2, -0.15) is 15.1 Å². The van der Waals surface area contributed by atoms with Crippen molar-refractivity contribution in [2.45, 2.75) is 38.3 Å². The van der Waals surface area contributed by atoms with Gasteiger partial charge in [0.2, 0.25) is 17.7 Å². The summed E-state index contributed by atoms with van der Waals surface area (Å²) >= 11 is 0. The highest BCUT2D eigenvalue weighted by atomic mass is 16.5. The maximum atomic E-state index is 11.3. The molecule has 0 unspecified atom stereocenters. The molecular weight excluding hydrogens is 384 g/mol. The zero-order valence-corrected chi connectivity index (χ0v) is 16.9. The summed E-state index contributed by atoms with van der Waals surface area (Å²) in [5, 5.41) is 11.3. The third-order valence-electron chi connectivity index (χ3n) is 5.48. The molecule has 10 heteroatoms. The highest BCUT2D eigenvalue weighted by molar-refractivity contribution is 5.97. The van der Waals surface area contributed by atoms with Crippen LogP contribution in [0.3, 0.4) is 0 Å². The highest BCUT2D eigenvalue weighted by Crippen LogP contribution is 2.36. The number of methoxy groups -OCH3 is 1. The summed E-state index contributed by atoms with van der Waals surface area (Å²) in [5.41, 5.74) is 3.15. The Hall–Kier alpha value is -3.69. The van der Waals surface area contributed by atoms with E-state index in [1.54, 1.807) is 11.6 Å². The van der Waals surface area contributed by atoms with Crippen molar-refractivity contribution in [2.75, 3.05) is 12.4 Å². The molecule has 0 aromatic carbocycles. The molecule has 10 nitrogen and oxygen atoms in total. The smallest absolute Gasteiger partial charge is 0.228 e. The Morgan fingerprint density at radius 2 is 2.17 bits per heavy atom. The lowest BCUT2D eigenvalue weighted by molar-refractivity contribution is -0.121. The van der Waals surface area contributed by atoms with Crippen LogP contribution < -0.4 is 15.4 Å². The first-order valence-electron chi connectivity index (χ1n) is 9.72. The molecule has 154 valence electrons. The standard InChI is InChI=1S/C20H22N8O2/c1-11(29)27-20(2)6-13(7-20)24-19-25-17-16(18(26-19)30-3)14(8-21-17)12-4-5-15-22-10-23-28(15)9-12/h4-5,8-10,13H,6-7H2,1-3H3,(H,27,29)(H2,21,24,25,26). The molecule has 1 amide bonds. The average Bonchev–Trinajstić information content (AvgIpc) is 3.31. The predicted molar refractivity (Wildman–Crippen MR) is 111 cm³/mol. The number of aromatic amines is 1. The lowest BCUT2D eigenvalue weighted by atomic mass is 9.74. The molecule has 4 aromatic heterocycles. The number of ether oxygens (including phenoxy) is 1. The van der Waals surface area contributed by atoms with E-state index in [0.29, 0.717) is 17.5 Å². The van der Waals surface area contributed by atoms with Gasteiger partial charge in [-0.15, -0.1) is 0 Å². The Balaban J connectivity index is 1.44. The van der Waals surface area contributed by atoms with Gasteiger partial charge in [-0.3, -0.25) is 4.79 Å². The molecule has 3 N–H and O–H groups in total. The predicted octanol–water partition coefficient (Wildman–Crippen LogP) is 2.15. The maximum absolute atomic E-state index is 11.3. The largest absolute Gasteiger partial charge is 0.480 e. The molecule has 1 aliphatic carbocycles. The van der Waals surface area contributed by atoms with E-state index in [1.807, 2.05) is 31.5 Å². The summed E-state index contributed by atoms with van der Waals surface area (Å²) in [6, 6.07) is 4.08. The summed E-state index contributed by atoms with van der Waals surface area (Å²) < 4.78 is 7.31. The lowest BCUT2D eigenvalue weighted by Gasteiger charge is -2.45. The highest BCUT2D eigenvalue weighted by Gasteiger charge is 2.41. The molecule has 4 aromatic rings. The first-order valence-corrected chi connectivity index (χ1v) is 9.72. The number of amides is 1. The third-order valence-corrected chi connectivity index (χ3v) is 5.48. The fraction of sp³-hybridized carbons (Fsp3) is 0.350. The summed E-state index contributed by atoms with van der Waals surface area (Å²) in [7, 11) is 1.60. The topological polar surface area (TPSA) is 122 Å². The first-order chi connectivity index (χ1) is 14.4. The van der Waals surface area contributed by atoms with Crippen LogP contribution in [0.2, 0.25) is 0 Å². The number of rotatable bonds is 5. The Bertz CT molecular complexity index is 1250. The SMILES string of the molecule is COc1nc(NC2CC(C)(NC(C)=O)C2)nc2[nH]cc(-c3ccc4ncnn4c3)c12. The van der Waals surface area contributed by atoms with Crippen LogP contribution in [0.1, 0.15) is 26.7 Å². The van der Waals surface area contributed by atoms with E-state index in [0.717, 1.165) is 35.0 Å². The van der Waals surface area contributed by atoms with Crippen molar-refractivity contribution in [1.82, 2.24) is 34.9 Å². The summed E-state index contributed by atoms with van der Waals surface area (Å²) in [6.07, 6.45) is 6.94. The molecule has 4 heterocycles. The molecule has 0 saturated heterocycles. The van der Waals surface area contributed by atoms with Crippen LogP contribution in [0.4, 0.5) is 5.95 Å². The normalized spacial score (nSPS) is 20.8. The van der Waals surface area contributed by atoms with Gasteiger partial charge in [-0.25, -0.2) is 9.50 Å². The second kappa shape index (κ2) is 6.68. The lowest BCUT2D eigenvalue weighted by Crippen LogP contribution is -2.59. The van der Waals surface area contributed by atoms with Crippen molar-refractivity contribution >= 4 is 28.5 Å². The van der Waals surface area contributed by atoms with E-state index < -0.39 is 0 Å². The number of nitrogens with zero attached hydrogens (tertiary/aromatic N) is 5. The molecule has 1 fully saturated rings. The van der Waals surface area contributed by atoms with E-state index in [9.17, 15) is 4.79 Å². The Kier molecular flexibility index (Phi) is 4.09. The number of carbonyl (C=O) groups excluding carboxylic acids is 1. The van der Waals surface area contributed by atoms with Crippen molar-refractivity contribution < 1.29 is 9.53 Å². The number of hydrogen-bond acceptors (Lipinski definition) is 7. The molecule has 0 atom stereocenters. The maximum Gasteiger partial charge on any atom is 0.228 e. The third kappa shape index (κ3) is 3.10. The van der Waals surface area contributed by atoms with Crippen LogP contribution >= 0.6 is 0 Å². The van der Waals surface area contributed by atoms with Crippen LogP contribution in [-0.4, -0.2) is 54.1 Å². The minimum absolute atomic E-state index is 0.0155. The quantitative estimate of drug-likeness (QED) is 0.464. The van der Waals surface area contributed by atoms with Gasteiger partial charge in [0.05, 0.1) is 12.5 Å².